The van der Waals surface area contributed by atoms with Crippen molar-refractivity contribution in [2.45, 2.75) is 33.0 Å². The first-order valence-corrected chi connectivity index (χ1v) is 7.83. The average Bonchev–Trinajstić information content (AvgIpc) is 2.46. The summed E-state index contributed by atoms with van der Waals surface area (Å²) in [5.41, 5.74) is 2.41. The van der Waals surface area contributed by atoms with E-state index in [0.29, 0.717) is 6.04 Å². The van der Waals surface area contributed by atoms with Crippen molar-refractivity contribution in [3.63, 3.8) is 0 Å². The highest BCUT2D eigenvalue weighted by Gasteiger charge is 2.11. The van der Waals surface area contributed by atoms with Crippen molar-refractivity contribution in [1.29, 1.82) is 0 Å². The van der Waals surface area contributed by atoms with E-state index in [4.69, 9.17) is 0 Å². The first-order valence-electron chi connectivity index (χ1n) is 7.04. The number of hydrogen-bond donors (Lipinski definition) is 1. The molecule has 0 aliphatic carbocycles. The van der Waals surface area contributed by atoms with Gasteiger partial charge in [0.15, 0.2) is 0 Å². The van der Waals surface area contributed by atoms with Crippen molar-refractivity contribution in [3.05, 3.63) is 52.4 Å². The second kappa shape index (κ2) is 7.52. The second-order valence-electron chi connectivity index (χ2n) is 5.38. The third-order valence-electron chi connectivity index (χ3n) is 3.14. The van der Waals surface area contributed by atoms with E-state index < -0.39 is 0 Å². The lowest BCUT2D eigenvalue weighted by Gasteiger charge is -2.22. The van der Waals surface area contributed by atoms with Crippen LogP contribution in [-0.4, -0.2) is 23.1 Å². The zero-order valence-corrected chi connectivity index (χ0v) is 14.3. The van der Waals surface area contributed by atoms with E-state index in [-0.39, 0.29) is 0 Å². The summed E-state index contributed by atoms with van der Waals surface area (Å²) >= 11 is 3.50. The summed E-state index contributed by atoms with van der Waals surface area (Å²) in [4.78, 5) is 10.8. The summed E-state index contributed by atoms with van der Waals surface area (Å²) < 4.78 is 1.00. The molecule has 0 unspecified atom stereocenters. The Kier molecular flexibility index (Phi) is 5.70. The fourth-order valence-electron chi connectivity index (χ4n) is 2.10. The van der Waals surface area contributed by atoms with E-state index in [1.54, 1.807) is 0 Å². The van der Waals surface area contributed by atoms with Gasteiger partial charge in [0.2, 0.25) is 0 Å². The standard InChI is InChI=1S/C16H21BrN4/c1-12(2)19-9-14-8-15(17)10-20-16(14)21(3)11-13-4-6-18-7-5-13/h4-8,10,12,19H,9,11H2,1-3H3. The lowest BCUT2D eigenvalue weighted by Crippen LogP contribution is -2.25. The molecule has 0 amide bonds. The Morgan fingerprint density at radius 1 is 1.29 bits per heavy atom. The molecule has 1 N–H and O–H groups in total. The smallest absolute Gasteiger partial charge is 0.133 e. The Labute approximate surface area is 134 Å². The zero-order valence-electron chi connectivity index (χ0n) is 12.7. The van der Waals surface area contributed by atoms with Gasteiger partial charge in [0.1, 0.15) is 5.82 Å². The largest absolute Gasteiger partial charge is 0.355 e. The van der Waals surface area contributed by atoms with Gasteiger partial charge in [0.25, 0.3) is 0 Å². The molecule has 5 heteroatoms. The number of nitrogens with zero attached hydrogens (tertiary/aromatic N) is 3. The summed E-state index contributed by atoms with van der Waals surface area (Å²) in [6.07, 6.45) is 5.48. The van der Waals surface area contributed by atoms with Gasteiger partial charge in [0, 0.05) is 54.8 Å². The molecule has 0 saturated heterocycles. The molecule has 0 bridgehead atoms. The minimum atomic E-state index is 0.447. The Morgan fingerprint density at radius 2 is 2.00 bits per heavy atom. The quantitative estimate of drug-likeness (QED) is 0.868. The van der Waals surface area contributed by atoms with Crippen molar-refractivity contribution in [2.75, 3.05) is 11.9 Å². The highest BCUT2D eigenvalue weighted by Crippen LogP contribution is 2.22. The van der Waals surface area contributed by atoms with Gasteiger partial charge in [-0.05, 0) is 39.7 Å². The fourth-order valence-corrected chi connectivity index (χ4v) is 2.48. The molecule has 0 aliphatic heterocycles. The molecule has 2 rings (SSSR count). The first-order chi connectivity index (χ1) is 10.1. The van der Waals surface area contributed by atoms with Crippen LogP contribution in [0.25, 0.3) is 0 Å². The summed E-state index contributed by atoms with van der Waals surface area (Å²) in [7, 11) is 2.07. The van der Waals surface area contributed by atoms with Crippen LogP contribution in [0.4, 0.5) is 5.82 Å². The Hall–Kier alpha value is -1.46. The highest BCUT2D eigenvalue weighted by atomic mass is 79.9. The molecule has 0 spiro atoms. The number of halogens is 1. The third-order valence-corrected chi connectivity index (χ3v) is 3.57. The molecule has 0 radical (unpaired) electrons. The van der Waals surface area contributed by atoms with Crippen molar-refractivity contribution >= 4 is 21.7 Å². The van der Waals surface area contributed by atoms with Gasteiger partial charge in [-0.25, -0.2) is 4.98 Å². The maximum Gasteiger partial charge on any atom is 0.133 e. The van der Waals surface area contributed by atoms with E-state index in [2.05, 4.69) is 63.1 Å². The molecule has 2 aromatic heterocycles. The van der Waals surface area contributed by atoms with E-state index in [9.17, 15) is 0 Å². The number of hydrogen-bond acceptors (Lipinski definition) is 4. The monoisotopic (exact) mass is 348 g/mol. The summed E-state index contributed by atoms with van der Waals surface area (Å²) in [6.45, 7) is 5.91. The molecule has 2 heterocycles. The highest BCUT2D eigenvalue weighted by molar-refractivity contribution is 9.10. The predicted octanol–water partition coefficient (Wildman–Crippen LogP) is 3.37. The summed E-state index contributed by atoms with van der Waals surface area (Å²) in [5, 5.41) is 3.45. The van der Waals surface area contributed by atoms with Crippen molar-refractivity contribution in [1.82, 2.24) is 15.3 Å². The molecule has 0 fully saturated rings. The topological polar surface area (TPSA) is 41.1 Å². The zero-order chi connectivity index (χ0) is 15.2. The maximum atomic E-state index is 4.58. The van der Waals surface area contributed by atoms with Crippen LogP contribution in [0.3, 0.4) is 0 Å². The molecular formula is C16H21BrN4. The molecule has 112 valence electrons. The number of rotatable bonds is 6. The Balaban J connectivity index is 2.17. The number of pyridine rings is 2. The summed E-state index contributed by atoms with van der Waals surface area (Å²) in [6, 6.07) is 6.63. The van der Waals surface area contributed by atoms with Crippen molar-refractivity contribution < 1.29 is 0 Å². The van der Waals surface area contributed by atoms with E-state index >= 15 is 0 Å². The third kappa shape index (κ3) is 4.79. The molecular weight excluding hydrogens is 328 g/mol. The predicted molar refractivity (Wildman–Crippen MR) is 90.3 cm³/mol. The van der Waals surface area contributed by atoms with Crippen LogP contribution in [0.15, 0.2) is 41.3 Å². The van der Waals surface area contributed by atoms with Crippen LogP contribution >= 0.6 is 15.9 Å². The van der Waals surface area contributed by atoms with E-state index in [0.717, 1.165) is 23.4 Å². The number of aromatic nitrogens is 2. The first kappa shape index (κ1) is 15.9. The normalized spacial score (nSPS) is 10.9. The molecule has 21 heavy (non-hydrogen) atoms. The maximum absolute atomic E-state index is 4.58. The molecule has 0 aliphatic rings. The Bertz CT molecular complexity index is 572. The molecule has 0 atom stereocenters. The Morgan fingerprint density at radius 3 is 2.67 bits per heavy atom. The van der Waals surface area contributed by atoms with E-state index in [1.165, 1.54) is 11.1 Å². The lowest BCUT2D eigenvalue weighted by atomic mass is 10.2. The summed E-state index contributed by atoms with van der Waals surface area (Å²) in [5.74, 6) is 1.00. The van der Waals surface area contributed by atoms with Crippen LogP contribution in [0.1, 0.15) is 25.0 Å². The minimum Gasteiger partial charge on any atom is -0.355 e. The van der Waals surface area contributed by atoms with Crippen LogP contribution in [-0.2, 0) is 13.1 Å². The lowest BCUT2D eigenvalue weighted by molar-refractivity contribution is 0.587. The van der Waals surface area contributed by atoms with Gasteiger partial charge >= 0.3 is 0 Å². The minimum absolute atomic E-state index is 0.447. The molecule has 0 saturated carbocycles. The van der Waals surface area contributed by atoms with Gasteiger partial charge < -0.3 is 10.2 Å². The van der Waals surface area contributed by atoms with Gasteiger partial charge in [0.05, 0.1) is 0 Å². The number of anilines is 1. The number of nitrogens with one attached hydrogen (secondary N) is 1. The van der Waals surface area contributed by atoms with Crippen LogP contribution in [0, 0.1) is 0 Å². The van der Waals surface area contributed by atoms with Crippen molar-refractivity contribution in [2.24, 2.45) is 0 Å². The van der Waals surface area contributed by atoms with Crippen LogP contribution in [0.2, 0.25) is 0 Å². The van der Waals surface area contributed by atoms with Gasteiger partial charge in [-0.2, -0.15) is 0 Å². The van der Waals surface area contributed by atoms with Gasteiger partial charge in [-0.15, -0.1) is 0 Å². The van der Waals surface area contributed by atoms with Crippen LogP contribution in [0.5, 0.6) is 0 Å². The van der Waals surface area contributed by atoms with Gasteiger partial charge in [-0.1, -0.05) is 13.8 Å². The molecule has 0 aromatic carbocycles. The second-order valence-corrected chi connectivity index (χ2v) is 6.30. The molecule has 4 nitrogen and oxygen atoms in total. The molecule has 2 aromatic rings. The SMILES string of the molecule is CC(C)NCc1cc(Br)cnc1N(C)Cc1ccncc1. The fraction of sp³-hybridized carbons (Fsp3) is 0.375. The van der Waals surface area contributed by atoms with E-state index in [1.807, 2.05) is 30.7 Å². The van der Waals surface area contributed by atoms with Crippen LogP contribution < -0.4 is 10.2 Å². The average molecular weight is 349 g/mol. The van der Waals surface area contributed by atoms with Gasteiger partial charge in [-0.3, -0.25) is 4.98 Å². The van der Waals surface area contributed by atoms with Crippen molar-refractivity contribution in [3.8, 4) is 0 Å².